The first-order valence-electron chi connectivity index (χ1n) is 9.88. The summed E-state index contributed by atoms with van der Waals surface area (Å²) in [6.45, 7) is 0. The summed E-state index contributed by atoms with van der Waals surface area (Å²) < 4.78 is 4.91. The van der Waals surface area contributed by atoms with E-state index in [1.165, 1.54) is 18.2 Å². The van der Waals surface area contributed by atoms with Crippen LogP contribution in [-0.2, 0) is 11.2 Å². The van der Waals surface area contributed by atoms with Gasteiger partial charge >= 0.3 is 5.97 Å². The number of fused-ring (bicyclic) bond motifs is 5. The molecule has 0 spiro atoms. The second-order valence-corrected chi connectivity index (χ2v) is 7.81. The van der Waals surface area contributed by atoms with Crippen LogP contribution >= 0.6 is 0 Å². The fraction of sp³-hybridized carbons (Fsp3) is 0.208. The Bertz CT molecular complexity index is 1160. The standard InChI is InChI=1S/C24H20N2O4/c1-30-24(27)16-8-11-21-19(13-16)22-18-5-3-2-4-15(18)12-20(22)23(25-21)14-6-9-17(10-7-14)26(28)29/h2-11,13,20,22-23,25H,12H2,1H3. The van der Waals surface area contributed by atoms with Crippen LogP contribution in [0.25, 0.3) is 0 Å². The maximum atomic E-state index is 12.1. The SMILES string of the molecule is COC(=O)c1ccc2c(c1)C1c3ccccc3CC1C(c1ccc([N+](=O)[O-])cc1)N2. The molecule has 2 aliphatic rings. The fourth-order valence-electron chi connectivity index (χ4n) is 4.94. The largest absolute Gasteiger partial charge is 0.465 e. The molecule has 0 saturated heterocycles. The Morgan fingerprint density at radius 3 is 2.57 bits per heavy atom. The van der Waals surface area contributed by atoms with Crippen molar-refractivity contribution in [2.45, 2.75) is 18.4 Å². The summed E-state index contributed by atoms with van der Waals surface area (Å²) in [5, 5.41) is 14.7. The highest BCUT2D eigenvalue weighted by Gasteiger charge is 2.43. The number of carbonyl (C=O) groups is 1. The zero-order valence-corrected chi connectivity index (χ0v) is 16.4. The van der Waals surface area contributed by atoms with Crippen molar-refractivity contribution in [1.82, 2.24) is 0 Å². The Labute approximate surface area is 173 Å². The van der Waals surface area contributed by atoms with E-state index in [0.29, 0.717) is 5.56 Å². The van der Waals surface area contributed by atoms with Gasteiger partial charge < -0.3 is 10.1 Å². The van der Waals surface area contributed by atoms with Gasteiger partial charge in [0.05, 0.1) is 23.6 Å². The minimum Gasteiger partial charge on any atom is -0.465 e. The van der Waals surface area contributed by atoms with Crippen LogP contribution in [0.15, 0.2) is 66.7 Å². The lowest BCUT2D eigenvalue weighted by Gasteiger charge is -2.38. The molecule has 0 amide bonds. The van der Waals surface area contributed by atoms with Crippen LogP contribution in [-0.4, -0.2) is 18.0 Å². The molecule has 1 N–H and O–H groups in total. The minimum atomic E-state index is -0.379. The second-order valence-electron chi connectivity index (χ2n) is 7.81. The van der Waals surface area contributed by atoms with Gasteiger partial charge in [-0.25, -0.2) is 4.79 Å². The number of non-ortho nitro benzene ring substituents is 1. The third kappa shape index (κ3) is 2.84. The first-order valence-corrected chi connectivity index (χ1v) is 9.88. The molecule has 0 bridgehead atoms. The van der Waals surface area contributed by atoms with Crippen molar-refractivity contribution in [3.8, 4) is 0 Å². The van der Waals surface area contributed by atoms with Gasteiger partial charge in [-0.15, -0.1) is 0 Å². The lowest BCUT2D eigenvalue weighted by atomic mass is 9.75. The summed E-state index contributed by atoms with van der Waals surface area (Å²) in [4.78, 5) is 22.8. The fourth-order valence-corrected chi connectivity index (χ4v) is 4.94. The van der Waals surface area contributed by atoms with E-state index in [-0.39, 0.29) is 34.5 Å². The third-order valence-electron chi connectivity index (χ3n) is 6.28. The van der Waals surface area contributed by atoms with Crippen molar-refractivity contribution in [1.29, 1.82) is 0 Å². The zero-order valence-electron chi connectivity index (χ0n) is 16.4. The Morgan fingerprint density at radius 1 is 1.07 bits per heavy atom. The van der Waals surface area contributed by atoms with Gasteiger partial charge in [-0.3, -0.25) is 10.1 Å². The molecule has 6 heteroatoms. The number of nitrogens with zero attached hydrogens (tertiary/aromatic N) is 1. The first kappa shape index (κ1) is 18.4. The second kappa shape index (κ2) is 6.99. The number of hydrogen-bond acceptors (Lipinski definition) is 5. The number of nitro benzene ring substituents is 1. The van der Waals surface area contributed by atoms with Crippen molar-refractivity contribution >= 4 is 17.3 Å². The van der Waals surface area contributed by atoms with Crippen LogP contribution in [0.1, 0.15) is 44.6 Å². The van der Waals surface area contributed by atoms with Crippen LogP contribution in [0.2, 0.25) is 0 Å². The van der Waals surface area contributed by atoms with E-state index in [4.69, 9.17) is 4.74 Å². The van der Waals surface area contributed by atoms with Crippen molar-refractivity contribution in [3.05, 3.63) is 105 Å². The average Bonchev–Trinajstić information content (AvgIpc) is 3.17. The molecule has 3 unspecified atom stereocenters. The van der Waals surface area contributed by atoms with E-state index in [9.17, 15) is 14.9 Å². The van der Waals surface area contributed by atoms with E-state index >= 15 is 0 Å². The molecular weight excluding hydrogens is 380 g/mol. The Morgan fingerprint density at radius 2 is 1.83 bits per heavy atom. The van der Waals surface area contributed by atoms with Gasteiger partial charge in [0.25, 0.3) is 5.69 Å². The number of rotatable bonds is 3. The summed E-state index contributed by atoms with van der Waals surface area (Å²) in [7, 11) is 1.39. The molecule has 3 aromatic carbocycles. The number of methoxy groups -OCH3 is 1. The number of benzene rings is 3. The highest BCUT2D eigenvalue weighted by molar-refractivity contribution is 5.90. The van der Waals surface area contributed by atoms with E-state index in [1.807, 2.05) is 30.3 Å². The molecule has 0 radical (unpaired) electrons. The highest BCUT2D eigenvalue weighted by Crippen LogP contribution is 2.54. The van der Waals surface area contributed by atoms with E-state index in [1.54, 1.807) is 18.2 Å². The Hall–Kier alpha value is -3.67. The number of nitrogens with one attached hydrogen (secondary N) is 1. The number of esters is 1. The molecule has 0 aromatic heterocycles. The van der Waals surface area contributed by atoms with E-state index in [0.717, 1.165) is 23.2 Å². The molecule has 1 heterocycles. The predicted molar refractivity (Wildman–Crippen MR) is 113 cm³/mol. The maximum Gasteiger partial charge on any atom is 0.337 e. The van der Waals surface area contributed by atoms with Gasteiger partial charge in [0, 0.05) is 23.7 Å². The van der Waals surface area contributed by atoms with Crippen molar-refractivity contribution < 1.29 is 14.5 Å². The van der Waals surface area contributed by atoms with Crippen LogP contribution in [0.4, 0.5) is 11.4 Å². The lowest BCUT2D eigenvalue weighted by Crippen LogP contribution is -2.30. The highest BCUT2D eigenvalue weighted by atomic mass is 16.6. The van der Waals surface area contributed by atoms with Crippen LogP contribution in [0.3, 0.4) is 0 Å². The predicted octanol–water partition coefficient (Wildman–Crippen LogP) is 4.85. The number of anilines is 1. The Balaban J connectivity index is 1.62. The third-order valence-corrected chi connectivity index (χ3v) is 6.28. The van der Waals surface area contributed by atoms with E-state index < -0.39 is 0 Å². The van der Waals surface area contributed by atoms with Gasteiger partial charge in [-0.1, -0.05) is 36.4 Å². The van der Waals surface area contributed by atoms with Crippen LogP contribution in [0.5, 0.6) is 0 Å². The van der Waals surface area contributed by atoms with Gasteiger partial charge in [-0.05, 0) is 52.8 Å². The van der Waals surface area contributed by atoms with E-state index in [2.05, 4.69) is 23.5 Å². The molecule has 6 nitrogen and oxygen atoms in total. The first-order chi connectivity index (χ1) is 14.6. The normalized spacial score (nSPS) is 21.0. The molecule has 1 aliphatic carbocycles. The van der Waals surface area contributed by atoms with Crippen LogP contribution < -0.4 is 5.32 Å². The molecular formula is C24H20N2O4. The molecule has 30 heavy (non-hydrogen) atoms. The van der Waals surface area contributed by atoms with Crippen molar-refractivity contribution in [2.75, 3.05) is 12.4 Å². The summed E-state index contributed by atoms with van der Waals surface area (Å²) >= 11 is 0. The summed E-state index contributed by atoms with van der Waals surface area (Å²) in [5.41, 5.74) is 6.29. The molecule has 0 fully saturated rings. The molecule has 1 aliphatic heterocycles. The average molecular weight is 400 g/mol. The van der Waals surface area contributed by atoms with Gasteiger partial charge in [0.2, 0.25) is 0 Å². The summed E-state index contributed by atoms with van der Waals surface area (Å²) in [5.74, 6) is 0.0321. The minimum absolute atomic E-state index is 0.0136. The van der Waals surface area contributed by atoms with Gasteiger partial charge in [0.1, 0.15) is 0 Å². The zero-order chi connectivity index (χ0) is 20.8. The number of nitro groups is 1. The van der Waals surface area contributed by atoms with Gasteiger partial charge in [-0.2, -0.15) is 0 Å². The van der Waals surface area contributed by atoms with Gasteiger partial charge in [0.15, 0.2) is 0 Å². The molecule has 5 rings (SSSR count). The quantitative estimate of drug-likeness (QED) is 0.386. The smallest absolute Gasteiger partial charge is 0.337 e. The molecule has 3 atom stereocenters. The monoisotopic (exact) mass is 400 g/mol. The Kier molecular flexibility index (Phi) is 4.28. The molecule has 0 saturated carbocycles. The van der Waals surface area contributed by atoms with Crippen LogP contribution in [0, 0.1) is 16.0 Å². The lowest BCUT2D eigenvalue weighted by molar-refractivity contribution is -0.384. The van der Waals surface area contributed by atoms with Crippen molar-refractivity contribution in [3.63, 3.8) is 0 Å². The number of carbonyl (C=O) groups excluding carboxylic acids is 1. The molecule has 150 valence electrons. The summed E-state index contributed by atoms with van der Waals surface area (Å²) in [6.07, 6.45) is 0.900. The van der Waals surface area contributed by atoms with Crippen molar-refractivity contribution in [2.24, 2.45) is 5.92 Å². The number of ether oxygens (including phenoxy) is 1. The summed E-state index contributed by atoms with van der Waals surface area (Å²) in [6, 6.07) is 20.9. The maximum absolute atomic E-state index is 12.1. The number of hydrogen-bond donors (Lipinski definition) is 1. The molecule has 3 aromatic rings. The topological polar surface area (TPSA) is 81.5 Å².